The van der Waals surface area contributed by atoms with Crippen LogP contribution in [0.25, 0.3) is 44.5 Å². The topological polar surface area (TPSA) is 3.24 Å². The van der Waals surface area contributed by atoms with E-state index in [1.54, 1.807) is 0 Å². The maximum atomic E-state index is 2.52. The van der Waals surface area contributed by atoms with Crippen LogP contribution >= 0.6 is 23.5 Å². The molecule has 0 unspecified atom stereocenters. The van der Waals surface area contributed by atoms with Gasteiger partial charge in [-0.25, -0.2) is 0 Å². The van der Waals surface area contributed by atoms with Crippen molar-refractivity contribution in [3.8, 4) is 44.5 Å². The molecule has 0 N–H and O–H groups in total. The Kier molecular flexibility index (Phi) is 9.03. The molecule has 2 spiro atoms. The summed E-state index contributed by atoms with van der Waals surface area (Å²) in [5.41, 5.74) is 22.9. The van der Waals surface area contributed by atoms with E-state index < -0.39 is 10.8 Å². The standard InChI is InChI=1S/C68H43NS2/c1-2-17-44(18-3-1)46-19-16-20-47(41-46)45-33-35-48(36-34-45)69(49-37-39-53-51-21-4-6-23-55(51)67(61(53)42-49)57-25-8-12-29-63(57)70-64-30-13-9-26-58(64)67)50-38-40-54-52-22-5-7-24-56(52)68(62(54)43-50)59-27-10-14-31-65(59)71-66-32-15-11-28-60(66)68/h1-43H. The predicted octanol–water partition coefficient (Wildman–Crippen LogP) is 18.1. The molecule has 71 heavy (non-hydrogen) atoms. The fraction of sp³-hybridized carbons (Fsp3) is 0.0294. The van der Waals surface area contributed by atoms with E-state index in [2.05, 4.69) is 266 Å². The molecular formula is C68H43NS2. The maximum absolute atomic E-state index is 2.52. The van der Waals surface area contributed by atoms with Crippen molar-refractivity contribution in [2.24, 2.45) is 0 Å². The van der Waals surface area contributed by atoms with Gasteiger partial charge in [0.2, 0.25) is 0 Å². The van der Waals surface area contributed by atoms with Crippen LogP contribution in [0.3, 0.4) is 0 Å². The molecule has 0 atom stereocenters. The molecule has 2 aliphatic carbocycles. The van der Waals surface area contributed by atoms with E-state index in [1.165, 1.54) is 109 Å². The number of benzene rings is 11. The molecule has 11 aromatic rings. The van der Waals surface area contributed by atoms with Crippen LogP contribution in [0.5, 0.6) is 0 Å². The molecule has 0 amide bonds. The first kappa shape index (κ1) is 40.8. The van der Waals surface area contributed by atoms with Crippen molar-refractivity contribution in [2.45, 2.75) is 30.4 Å². The molecule has 0 saturated carbocycles. The number of nitrogens with zero attached hydrogens (tertiary/aromatic N) is 1. The predicted molar refractivity (Wildman–Crippen MR) is 295 cm³/mol. The van der Waals surface area contributed by atoms with Gasteiger partial charge in [-0.1, -0.05) is 218 Å². The van der Waals surface area contributed by atoms with Gasteiger partial charge in [-0.3, -0.25) is 0 Å². The highest BCUT2D eigenvalue weighted by Gasteiger charge is 2.52. The Morgan fingerprint density at radius 2 is 0.563 bits per heavy atom. The van der Waals surface area contributed by atoms with E-state index in [1.807, 2.05) is 23.5 Å². The molecule has 11 aromatic carbocycles. The second-order valence-electron chi connectivity index (χ2n) is 19.1. The highest BCUT2D eigenvalue weighted by molar-refractivity contribution is 7.99. The lowest BCUT2D eigenvalue weighted by Crippen LogP contribution is -2.32. The number of hydrogen-bond acceptors (Lipinski definition) is 3. The minimum Gasteiger partial charge on any atom is -0.310 e. The Morgan fingerprint density at radius 1 is 0.225 bits per heavy atom. The molecule has 0 fully saturated rings. The first-order valence-electron chi connectivity index (χ1n) is 24.5. The lowest BCUT2D eigenvalue weighted by atomic mass is 9.67. The summed E-state index contributed by atoms with van der Waals surface area (Å²) in [6, 6.07) is 98.0. The van der Waals surface area contributed by atoms with Crippen molar-refractivity contribution in [3.05, 3.63) is 305 Å². The Bertz CT molecular complexity index is 3680. The van der Waals surface area contributed by atoms with E-state index >= 15 is 0 Å². The summed E-state index contributed by atoms with van der Waals surface area (Å²) in [6.07, 6.45) is 0. The second-order valence-corrected chi connectivity index (χ2v) is 21.2. The van der Waals surface area contributed by atoms with Crippen LogP contribution in [-0.2, 0) is 10.8 Å². The monoisotopic (exact) mass is 937 g/mol. The van der Waals surface area contributed by atoms with Crippen LogP contribution in [0.4, 0.5) is 17.1 Å². The van der Waals surface area contributed by atoms with Gasteiger partial charge in [-0.15, -0.1) is 0 Å². The summed E-state index contributed by atoms with van der Waals surface area (Å²) >= 11 is 3.78. The molecule has 0 aromatic heterocycles. The fourth-order valence-corrected chi connectivity index (χ4v) is 15.1. The Labute approximate surface area is 423 Å². The number of anilines is 3. The minimum absolute atomic E-state index is 0.503. The number of rotatable bonds is 5. The normalized spacial score (nSPS) is 14.3. The smallest absolute Gasteiger partial charge is 0.0736 e. The third-order valence-corrected chi connectivity index (χ3v) is 17.9. The second kappa shape index (κ2) is 15.7. The zero-order chi connectivity index (χ0) is 46.7. The highest BCUT2D eigenvalue weighted by atomic mass is 32.2. The van der Waals surface area contributed by atoms with Crippen molar-refractivity contribution < 1.29 is 0 Å². The first-order valence-corrected chi connectivity index (χ1v) is 26.1. The van der Waals surface area contributed by atoms with Crippen LogP contribution < -0.4 is 4.90 Å². The van der Waals surface area contributed by atoms with Crippen LogP contribution in [0, 0.1) is 0 Å². The zero-order valence-corrected chi connectivity index (χ0v) is 40.2. The molecule has 0 bridgehead atoms. The molecule has 15 rings (SSSR count). The summed E-state index contributed by atoms with van der Waals surface area (Å²) in [6.45, 7) is 0. The van der Waals surface area contributed by atoms with Crippen LogP contribution in [-0.4, -0.2) is 0 Å². The summed E-state index contributed by atoms with van der Waals surface area (Å²) in [4.78, 5) is 7.73. The Balaban J connectivity index is 0.975. The van der Waals surface area contributed by atoms with E-state index in [9.17, 15) is 0 Å². The fourth-order valence-electron chi connectivity index (χ4n) is 12.7. The van der Waals surface area contributed by atoms with Gasteiger partial charge in [0.05, 0.1) is 10.8 Å². The number of fused-ring (bicyclic) bond motifs is 18. The van der Waals surface area contributed by atoms with Crippen LogP contribution in [0.15, 0.2) is 280 Å². The first-order chi connectivity index (χ1) is 35.2. The van der Waals surface area contributed by atoms with Gasteiger partial charge in [0.1, 0.15) is 0 Å². The van der Waals surface area contributed by atoms with Crippen molar-refractivity contribution >= 4 is 40.6 Å². The zero-order valence-electron chi connectivity index (χ0n) is 38.6. The molecule has 0 radical (unpaired) electrons. The summed E-state index contributed by atoms with van der Waals surface area (Å²) in [7, 11) is 0. The van der Waals surface area contributed by atoms with E-state index in [0.29, 0.717) is 0 Å². The van der Waals surface area contributed by atoms with Crippen molar-refractivity contribution in [2.75, 3.05) is 4.90 Å². The average Bonchev–Trinajstić information content (AvgIpc) is 3.89. The van der Waals surface area contributed by atoms with Gasteiger partial charge in [-0.2, -0.15) is 0 Å². The summed E-state index contributed by atoms with van der Waals surface area (Å²) in [5, 5.41) is 0. The van der Waals surface area contributed by atoms with E-state index in [4.69, 9.17) is 0 Å². The molecule has 2 aliphatic heterocycles. The largest absolute Gasteiger partial charge is 0.310 e. The molecule has 4 aliphatic rings. The lowest BCUT2D eigenvalue weighted by Gasteiger charge is -2.40. The van der Waals surface area contributed by atoms with E-state index in [-0.39, 0.29) is 0 Å². The molecule has 0 saturated heterocycles. The van der Waals surface area contributed by atoms with Crippen LogP contribution in [0.2, 0.25) is 0 Å². The van der Waals surface area contributed by atoms with Crippen molar-refractivity contribution in [1.29, 1.82) is 0 Å². The molecule has 3 heteroatoms. The third kappa shape index (κ3) is 5.79. The minimum atomic E-state index is -0.503. The summed E-state index contributed by atoms with van der Waals surface area (Å²) < 4.78 is 0. The van der Waals surface area contributed by atoms with Gasteiger partial charge in [0, 0.05) is 36.6 Å². The highest BCUT2D eigenvalue weighted by Crippen LogP contribution is 2.65. The van der Waals surface area contributed by atoms with Gasteiger partial charge in [-0.05, 0) is 156 Å². The van der Waals surface area contributed by atoms with Crippen molar-refractivity contribution in [3.63, 3.8) is 0 Å². The molecular weight excluding hydrogens is 895 g/mol. The molecule has 1 nitrogen and oxygen atoms in total. The lowest BCUT2D eigenvalue weighted by molar-refractivity contribution is 0.721. The Morgan fingerprint density at radius 3 is 1.01 bits per heavy atom. The van der Waals surface area contributed by atoms with Gasteiger partial charge in [0.25, 0.3) is 0 Å². The summed E-state index contributed by atoms with van der Waals surface area (Å²) in [5.74, 6) is 0. The van der Waals surface area contributed by atoms with Gasteiger partial charge in [0.15, 0.2) is 0 Å². The van der Waals surface area contributed by atoms with Gasteiger partial charge < -0.3 is 4.90 Å². The average molecular weight is 938 g/mol. The number of hydrogen-bond donors (Lipinski definition) is 0. The Hall–Kier alpha value is -8.08. The van der Waals surface area contributed by atoms with Gasteiger partial charge >= 0.3 is 0 Å². The molecule has 2 heterocycles. The SMILES string of the molecule is c1ccc(-c2cccc(-c3ccc(N(c4ccc5c(c4)C4(c6ccccc6Sc6ccccc64)c4ccccc4-5)c4ccc5c(c4)C4(c6ccccc6Sc6ccccc64)c4ccccc4-5)cc3)c2)cc1. The van der Waals surface area contributed by atoms with E-state index in [0.717, 1.165) is 17.1 Å². The van der Waals surface area contributed by atoms with Crippen LogP contribution in [0.1, 0.15) is 44.5 Å². The maximum Gasteiger partial charge on any atom is 0.0736 e. The third-order valence-electron chi connectivity index (χ3n) is 15.6. The molecule has 332 valence electrons. The van der Waals surface area contributed by atoms with Crippen molar-refractivity contribution in [1.82, 2.24) is 0 Å². The quantitative estimate of drug-likeness (QED) is 0.169.